The second-order valence-corrected chi connectivity index (χ2v) is 4.58. The zero-order chi connectivity index (χ0) is 13.6. The van der Waals surface area contributed by atoms with Crippen LogP contribution in [-0.4, -0.2) is 29.3 Å². The first kappa shape index (κ1) is 12.6. The summed E-state index contributed by atoms with van der Waals surface area (Å²) < 4.78 is 69.7. The molecule has 0 radical (unpaired) electrons. The van der Waals surface area contributed by atoms with Crippen LogP contribution in [0.5, 0.6) is 5.75 Å². The standard InChI is InChI=1S/C8H5F3N2O4S/c9-8(10,11)17-4-1-2-5-6(3-4)13-7(12-5)18(14,15)16/h1-3H,(H,12,13)(H,14,15,16). The largest absolute Gasteiger partial charge is 0.573 e. The lowest BCUT2D eigenvalue weighted by atomic mass is 10.3. The number of rotatable bonds is 2. The van der Waals surface area contributed by atoms with Crippen LogP contribution in [0.3, 0.4) is 0 Å². The molecule has 0 aliphatic heterocycles. The average Bonchev–Trinajstić information content (AvgIpc) is 2.57. The Morgan fingerprint density at radius 1 is 1.33 bits per heavy atom. The van der Waals surface area contributed by atoms with E-state index >= 15 is 0 Å². The summed E-state index contributed by atoms with van der Waals surface area (Å²) in [5, 5.41) is -0.748. The van der Waals surface area contributed by atoms with Crippen LogP contribution < -0.4 is 4.74 Å². The van der Waals surface area contributed by atoms with Crippen molar-refractivity contribution < 1.29 is 30.9 Å². The minimum Gasteiger partial charge on any atom is -0.406 e. The van der Waals surface area contributed by atoms with Crippen molar-refractivity contribution >= 4 is 21.2 Å². The highest BCUT2D eigenvalue weighted by Crippen LogP contribution is 2.26. The number of hydrogen-bond donors (Lipinski definition) is 2. The molecule has 0 spiro atoms. The molecule has 2 N–H and O–H groups in total. The molecule has 0 unspecified atom stereocenters. The summed E-state index contributed by atoms with van der Waals surface area (Å²) in [7, 11) is -4.54. The number of H-pyrrole nitrogens is 1. The zero-order valence-corrected chi connectivity index (χ0v) is 9.21. The van der Waals surface area contributed by atoms with E-state index in [4.69, 9.17) is 4.55 Å². The summed E-state index contributed by atoms with van der Waals surface area (Å²) in [4.78, 5) is 5.66. The first-order valence-electron chi connectivity index (χ1n) is 4.38. The van der Waals surface area contributed by atoms with E-state index in [0.29, 0.717) is 0 Å². The van der Waals surface area contributed by atoms with Gasteiger partial charge in [-0.3, -0.25) is 4.55 Å². The number of benzene rings is 1. The third-order valence-electron chi connectivity index (χ3n) is 1.91. The van der Waals surface area contributed by atoms with Gasteiger partial charge in [0.25, 0.3) is 5.16 Å². The number of aromatic nitrogens is 2. The molecule has 18 heavy (non-hydrogen) atoms. The van der Waals surface area contributed by atoms with Gasteiger partial charge >= 0.3 is 16.5 Å². The van der Waals surface area contributed by atoms with E-state index in [-0.39, 0.29) is 11.0 Å². The van der Waals surface area contributed by atoms with E-state index in [0.717, 1.165) is 18.2 Å². The molecule has 2 aromatic rings. The summed E-state index contributed by atoms with van der Waals surface area (Å²) >= 11 is 0. The molecular formula is C8H5F3N2O4S. The van der Waals surface area contributed by atoms with E-state index in [9.17, 15) is 21.6 Å². The Morgan fingerprint density at radius 2 is 2.00 bits per heavy atom. The second-order valence-electron chi connectivity index (χ2n) is 3.24. The number of fused-ring (bicyclic) bond motifs is 1. The van der Waals surface area contributed by atoms with Crippen molar-refractivity contribution in [2.24, 2.45) is 0 Å². The van der Waals surface area contributed by atoms with E-state index in [2.05, 4.69) is 14.7 Å². The number of imidazole rings is 1. The van der Waals surface area contributed by atoms with Gasteiger partial charge in [-0.15, -0.1) is 13.2 Å². The van der Waals surface area contributed by atoms with Crippen LogP contribution in [0.25, 0.3) is 11.0 Å². The lowest BCUT2D eigenvalue weighted by molar-refractivity contribution is -0.274. The van der Waals surface area contributed by atoms with Gasteiger partial charge in [-0.25, -0.2) is 4.98 Å². The van der Waals surface area contributed by atoms with Gasteiger partial charge in [-0.05, 0) is 12.1 Å². The van der Waals surface area contributed by atoms with E-state index in [1.807, 2.05) is 0 Å². The molecule has 1 aromatic carbocycles. The topological polar surface area (TPSA) is 92.3 Å². The van der Waals surface area contributed by atoms with Crippen LogP contribution in [0.2, 0.25) is 0 Å². The maximum Gasteiger partial charge on any atom is 0.573 e. The number of alkyl halides is 3. The SMILES string of the molecule is O=S(=O)(O)c1nc2ccc(OC(F)(F)F)cc2[nH]1. The smallest absolute Gasteiger partial charge is 0.406 e. The predicted octanol–water partition coefficient (Wildman–Crippen LogP) is 1.71. The van der Waals surface area contributed by atoms with Crippen molar-refractivity contribution in [3.05, 3.63) is 18.2 Å². The fraction of sp³-hybridized carbons (Fsp3) is 0.125. The Bertz CT molecular complexity index is 692. The fourth-order valence-corrected chi connectivity index (χ4v) is 1.74. The monoisotopic (exact) mass is 282 g/mol. The van der Waals surface area contributed by atoms with Gasteiger partial charge in [0.05, 0.1) is 11.0 Å². The van der Waals surface area contributed by atoms with E-state index < -0.39 is 27.4 Å². The third-order valence-corrected chi connectivity index (χ3v) is 2.59. The van der Waals surface area contributed by atoms with Crippen molar-refractivity contribution in [3.8, 4) is 5.75 Å². The van der Waals surface area contributed by atoms with Crippen LogP contribution >= 0.6 is 0 Å². The summed E-state index contributed by atoms with van der Waals surface area (Å²) in [5.41, 5.74) is 0.0709. The third kappa shape index (κ3) is 2.71. The summed E-state index contributed by atoms with van der Waals surface area (Å²) in [5.74, 6) is -0.527. The van der Waals surface area contributed by atoms with Gasteiger partial charge in [0.15, 0.2) is 0 Å². The van der Waals surface area contributed by atoms with Crippen LogP contribution in [0.15, 0.2) is 23.4 Å². The molecule has 0 fully saturated rings. The first-order valence-corrected chi connectivity index (χ1v) is 5.82. The average molecular weight is 282 g/mol. The van der Waals surface area contributed by atoms with Crippen LogP contribution in [0, 0.1) is 0 Å². The highest BCUT2D eigenvalue weighted by Gasteiger charge is 2.31. The summed E-state index contributed by atoms with van der Waals surface area (Å²) in [6.07, 6.45) is -4.85. The molecule has 1 aromatic heterocycles. The molecule has 10 heteroatoms. The Labute approximate surface area is 98.1 Å². The van der Waals surface area contributed by atoms with Crippen molar-refractivity contribution in [1.82, 2.24) is 9.97 Å². The minimum absolute atomic E-state index is 0.00984. The summed E-state index contributed by atoms with van der Waals surface area (Å²) in [6.45, 7) is 0. The molecule has 6 nitrogen and oxygen atoms in total. The molecule has 0 atom stereocenters. The highest BCUT2D eigenvalue weighted by atomic mass is 32.2. The molecule has 1 heterocycles. The number of hydrogen-bond acceptors (Lipinski definition) is 4. The van der Waals surface area contributed by atoms with Crippen LogP contribution in [0.4, 0.5) is 13.2 Å². The zero-order valence-electron chi connectivity index (χ0n) is 8.39. The number of ether oxygens (including phenoxy) is 1. The minimum atomic E-state index is -4.85. The Hall–Kier alpha value is -1.81. The lowest BCUT2D eigenvalue weighted by Gasteiger charge is -2.07. The highest BCUT2D eigenvalue weighted by molar-refractivity contribution is 7.85. The maximum absolute atomic E-state index is 12.0. The molecule has 0 aliphatic carbocycles. The fourth-order valence-electron chi connectivity index (χ4n) is 1.28. The van der Waals surface area contributed by atoms with Crippen molar-refractivity contribution in [3.63, 3.8) is 0 Å². The molecule has 0 amide bonds. The molecule has 0 bridgehead atoms. The number of nitrogens with one attached hydrogen (secondary N) is 1. The van der Waals surface area contributed by atoms with Crippen LogP contribution in [0.1, 0.15) is 0 Å². The maximum atomic E-state index is 12.0. The second kappa shape index (κ2) is 3.85. The number of aromatic amines is 1. The Balaban J connectivity index is 2.46. The number of nitrogens with zero attached hydrogens (tertiary/aromatic N) is 1. The molecule has 98 valence electrons. The van der Waals surface area contributed by atoms with Gasteiger partial charge in [0.1, 0.15) is 5.75 Å². The van der Waals surface area contributed by atoms with Crippen molar-refractivity contribution in [1.29, 1.82) is 0 Å². The van der Waals surface area contributed by atoms with Gasteiger partial charge < -0.3 is 9.72 Å². The molecular weight excluding hydrogens is 277 g/mol. The Morgan fingerprint density at radius 3 is 2.56 bits per heavy atom. The Kier molecular flexibility index (Phi) is 2.70. The predicted molar refractivity (Wildman–Crippen MR) is 52.6 cm³/mol. The molecule has 0 aliphatic rings. The lowest BCUT2D eigenvalue weighted by Crippen LogP contribution is -2.16. The van der Waals surface area contributed by atoms with Gasteiger partial charge in [0, 0.05) is 6.07 Å². The van der Waals surface area contributed by atoms with Crippen molar-refractivity contribution in [2.75, 3.05) is 0 Å². The van der Waals surface area contributed by atoms with Crippen LogP contribution in [-0.2, 0) is 10.1 Å². The van der Waals surface area contributed by atoms with Gasteiger partial charge in [-0.2, -0.15) is 8.42 Å². The quantitative estimate of drug-likeness (QED) is 0.818. The van der Waals surface area contributed by atoms with E-state index in [1.165, 1.54) is 0 Å². The molecule has 0 saturated heterocycles. The molecule has 0 saturated carbocycles. The van der Waals surface area contributed by atoms with Crippen molar-refractivity contribution in [2.45, 2.75) is 11.5 Å². The summed E-state index contributed by atoms with van der Waals surface area (Å²) in [6, 6.07) is 3.02. The van der Waals surface area contributed by atoms with Gasteiger partial charge in [0.2, 0.25) is 0 Å². The van der Waals surface area contributed by atoms with E-state index in [1.54, 1.807) is 0 Å². The first-order chi connectivity index (χ1) is 8.15. The van der Waals surface area contributed by atoms with Gasteiger partial charge in [-0.1, -0.05) is 0 Å². The normalized spacial score (nSPS) is 12.9. The number of halogens is 3. The molecule has 2 rings (SSSR count).